The molecule has 4 aliphatic rings. The molecule has 0 saturated heterocycles. The fourth-order valence-electron chi connectivity index (χ4n) is 14.7. The molecule has 0 amide bonds. The molecule has 81 heavy (non-hydrogen) atoms. The normalized spacial score (nSPS) is 18.5. The molecule has 4 heteroatoms. The zero-order valence-corrected chi connectivity index (χ0v) is 50.3. The lowest BCUT2D eigenvalue weighted by Crippen LogP contribution is -2.61. The predicted octanol–water partition coefficient (Wildman–Crippen LogP) is 19.1. The molecule has 1 aliphatic carbocycles. The third-order valence-electron chi connectivity index (χ3n) is 19.2. The van der Waals surface area contributed by atoms with Crippen molar-refractivity contribution in [2.45, 2.75) is 148 Å². The van der Waals surface area contributed by atoms with Gasteiger partial charge in [0, 0.05) is 50.8 Å². The van der Waals surface area contributed by atoms with Crippen molar-refractivity contribution in [3.63, 3.8) is 0 Å². The molecule has 0 radical (unpaired) electrons. The maximum absolute atomic E-state index is 2.81. The standard InChI is InChI=1S/C77H80BN3/c1-72(2,3)54-32-36-59(37-33-54)79-68-50-60(81-66-42-35-57(74(7,8)9)47-62(66)77(55-29-21-16-22-30-55)44-24-23-43-76(77,81)13)38-39-63(68)78-64-45-53(51-25-17-14-18-26-51)31-40-67(64)80(70-49-58(75(10,11)12)48-69(79)71(70)78)65-41-34-56(73(4,5)6)46-61(65)52-27-19-15-20-28-52/h14-22,25-42,45-50H,23-24,43-44H2,1-13H3. The van der Waals surface area contributed by atoms with E-state index in [-0.39, 0.29) is 39.3 Å². The van der Waals surface area contributed by atoms with Crippen molar-refractivity contribution in [2.75, 3.05) is 14.7 Å². The van der Waals surface area contributed by atoms with Gasteiger partial charge in [-0.05, 0) is 169 Å². The number of rotatable bonds is 6. The highest BCUT2D eigenvalue weighted by molar-refractivity contribution is 7.00. The van der Waals surface area contributed by atoms with Gasteiger partial charge in [-0.2, -0.15) is 0 Å². The molecule has 0 aromatic heterocycles. The summed E-state index contributed by atoms with van der Waals surface area (Å²) >= 11 is 0. The molecule has 0 bridgehead atoms. The van der Waals surface area contributed by atoms with E-state index in [1.165, 1.54) is 130 Å². The molecule has 2 atom stereocenters. The maximum Gasteiger partial charge on any atom is 0.252 e. The fraction of sp³-hybridized carbons (Fsp3) is 0.299. The van der Waals surface area contributed by atoms with Crippen LogP contribution in [-0.2, 0) is 27.1 Å². The molecule has 9 aromatic rings. The third-order valence-corrected chi connectivity index (χ3v) is 19.2. The minimum absolute atomic E-state index is 0.00171. The predicted molar refractivity (Wildman–Crippen MR) is 349 cm³/mol. The summed E-state index contributed by atoms with van der Waals surface area (Å²) in [5, 5.41) is 0. The topological polar surface area (TPSA) is 9.72 Å². The van der Waals surface area contributed by atoms with Gasteiger partial charge < -0.3 is 14.7 Å². The van der Waals surface area contributed by atoms with Crippen LogP contribution in [0.25, 0.3) is 22.3 Å². The van der Waals surface area contributed by atoms with Gasteiger partial charge in [0.15, 0.2) is 0 Å². The second-order valence-corrected chi connectivity index (χ2v) is 28.4. The molecule has 3 aliphatic heterocycles. The van der Waals surface area contributed by atoms with Crippen LogP contribution in [0.2, 0.25) is 0 Å². The molecule has 9 aromatic carbocycles. The van der Waals surface area contributed by atoms with Crippen molar-refractivity contribution < 1.29 is 0 Å². The van der Waals surface area contributed by atoms with Crippen LogP contribution < -0.4 is 31.1 Å². The average molecular weight is 1060 g/mol. The van der Waals surface area contributed by atoms with E-state index < -0.39 is 0 Å². The summed E-state index contributed by atoms with van der Waals surface area (Å²) < 4.78 is 0. The Bertz CT molecular complexity index is 3890. The number of anilines is 8. The molecule has 0 N–H and O–H groups in total. The first-order valence-corrected chi connectivity index (χ1v) is 30.0. The summed E-state index contributed by atoms with van der Waals surface area (Å²) in [4.78, 5) is 8.11. The Labute approximate surface area is 484 Å². The number of benzene rings is 9. The van der Waals surface area contributed by atoms with Crippen molar-refractivity contribution in [1.82, 2.24) is 0 Å². The summed E-state index contributed by atoms with van der Waals surface area (Å²) in [6, 6.07) is 78.1. The molecule has 406 valence electrons. The molecule has 2 unspecified atom stereocenters. The van der Waals surface area contributed by atoms with Crippen molar-refractivity contribution >= 4 is 68.6 Å². The van der Waals surface area contributed by atoms with Crippen molar-refractivity contribution in [1.29, 1.82) is 0 Å². The first-order valence-electron chi connectivity index (χ1n) is 30.0. The first kappa shape index (κ1) is 52.8. The zero-order valence-electron chi connectivity index (χ0n) is 50.3. The van der Waals surface area contributed by atoms with Crippen molar-refractivity contribution in [2.24, 2.45) is 0 Å². The van der Waals surface area contributed by atoms with Crippen LogP contribution in [-0.4, -0.2) is 12.3 Å². The van der Waals surface area contributed by atoms with Gasteiger partial charge in [-0.25, -0.2) is 0 Å². The Morgan fingerprint density at radius 2 is 0.901 bits per heavy atom. The summed E-state index contributed by atoms with van der Waals surface area (Å²) in [5.74, 6) is 0. The molecule has 0 spiro atoms. The van der Waals surface area contributed by atoms with Crippen LogP contribution in [0.4, 0.5) is 45.5 Å². The van der Waals surface area contributed by atoms with Gasteiger partial charge in [0.25, 0.3) is 6.71 Å². The SMILES string of the molecule is CC(C)(C)c1ccc(N2c3cc(N4c5ccc(C(C)(C)C)cc5C5(c6ccccc6)CCCCC45C)ccc3B3c4cc(-c5ccccc5)ccc4N(c4ccc(C(C)(C)C)cc4-c4ccccc4)c4cc(C(C)(C)C)cc2c43)cc1. The molecular weight excluding hydrogens is 978 g/mol. The average Bonchev–Trinajstić information content (AvgIpc) is 2.47. The monoisotopic (exact) mass is 1060 g/mol. The molecule has 1 saturated carbocycles. The van der Waals surface area contributed by atoms with Crippen LogP contribution in [0.3, 0.4) is 0 Å². The minimum atomic E-state index is -0.237. The highest BCUT2D eigenvalue weighted by Gasteiger charge is 2.61. The largest absolute Gasteiger partial charge is 0.334 e. The van der Waals surface area contributed by atoms with E-state index in [4.69, 9.17) is 0 Å². The quantitative estimate of drug-likeness (QED) is 0.154. The van der Waals surface area contributed by atoms with E-state index in [1.807, 2.05) is 0 Å². The van der Waals surface area contributed by atoms with E-state index in [0.29, 0.717) is 0 Å². The smallest absolute Gasteiger partial charge is 0.252 e. The Hall–Kier alpha value is -7.56. The Morgan fingerprint density at radius 1 is 0.370 bits per heavy atom. The summed E-state index contributed by atoms with van der Waals surface area (Å²) in [5.41, 5.74) is 26.3. The van der Waals surface area contributed by atoms with Gasteiger partial charge in [-0.15, -0.1) is 0 Å². The molecule has 1 fully saturated rings. The zero-order chi connectivity index (χ0) is 56.6. The van der Waals surface area contributed by atoms with Crippen LogP contribution in [0.15, 0.2) is 200 Å². The fourth-order valence-corrected chi connectivity index (χ4v) is 14.7. The van der Waals surface area contributed by atoms with E-state index in [0.717, 1.165) is 12.8 Å². The van der Waals surface area contributed by atoms with E-state index in [9.17, 15) is 0 Å². The molecule has 13 rings (SSSR count). The number of fused-ring (bicyclic) bond motifs is 7. The molecular formula is C77H80BN3. The van der Waals surface area contributed by atoms with Crippen molar-refractivity contribution in [3.8, 4) is 22.3 Å². The van der Waals surface area contributed by atoms with Crippen molar-refractivity contribution in [3.05, 3.63) is 234 Å². The lowest BCUT2D eigenvalue weighted by atomic mass is 9.33. The molecule has 3 heterocycles. The van der Waals surface area contributed by atoms with Gasteiger partial charge >= 0.3 is 0 Å². The third kappa shape index (κ3) is 8.44. The van der Waals surface area contributed by atoms with Crippen LogP contribution >= 0.6 is 0 Å². The second kappa shape index (κ2) is 18.7. The number of nitrogens with zero attached hydrogens (tertiary/aromatic N) is 3. The van der Waals surface area contributed by atoms with Crippen LogP contribution in [0.1, 0.15) is 149 Å². The van der Waals surface area contributed by atoms with Gasteiger partial charge in [-0.1, -0.05) is 235 Å². The number of hydrogen-bond acceptors (Lipinski definition) is 3. The Kier molecular flexibility index (Phi) is 12.2. The molecule has 3 nitrogen and oxygen atoms in total. The van der Waals surface area contributed by atoms with E-state index >= 15 is 0 Å². The van der Waals surface area contributed by atoms with Crippen LogP contribution in [0, 0.1) is 0 Å². The van der Waals surface area contributed by atoms with E-state index in [1.54, 1.807) is 0 Å². The summed E-state index contributed by atoms with van der Waals surface area (Å²) in [6.45, 7) is 30.8. The lowest BCUT2D eigenvalue weighted by molar-refractivity contribution is 0.215. The van der Waals surface area contributed by atoms with Gasteiger partial charge in [0.2, 0.25) is 0 Å². The lowest BCUT2D eigenvalue weighted by Gasteiger charge is -2.52. The van der Waals surface area contributed by atoms with Gasteiger partial charge in [0.05, 0.1) is 11.2 Å². The van der Waals surface area contributed by atoms with E-state index in [2.05, 4.69) is 305 Å². The highest BCUT2D eigenvalue weighted by Crippen LogP contribution is 2.64. The second-order valence-electron chi connectivity index (χ2n) is 28.4. The Morgan fingerprint density at radius 3 is 1.53 bits per heavy atom. The first-order chi connectivity index (χ1) is 38.6. The summed E-state index contributed by atoms with van der Waals surface area (Å²) in [6.07, 6.45) is 4.59. The highest BCUT2D eigenvalue weighted by atomic mass is 15.3. The van der Waals surface area contributed by atoms with Crippen LogP contribution in [0.5, 0.6) is 0 Å². The minimum Gasteiger partial charge on any atom is -0.334 e. The van der Waals surface area contributed by atoms with Gasteiger partial charge in [-0.3, -0.25) is 0 Å². The van der Waals surface area contributed by atoms with Gasteiger partial charge in [0.1, 0.15) is 0 Å². The Balaban J connectivity index is 1.12. The summed E-state index contributed by atoms with van der Waals surface area (Å²) in [7, 11) is 0. The maximum atomic E-state index is 2.81. The number of hydrogen-bond donors (Lipinski definition) is 0.